The molecule has 116 valence electrons. The van der Waals surface area contributed by atoms with E-state index in [-0.39, 0.29) is 18.5 Å². The van der Waals surface area contributed by atoms with E-state index in [2.05, 4.69) is 22.5 Å². The molecular formula is C14H27N3O3. The van der Waals surface area contributed by atoms with Crippen LogP contribution in [0.5, 0.6) is 0 Å². The van der Waals surface area contributed by atoms with E-state index in [4.69, 9.17) is 5.11 Å². The van der Waals surface area contributed by atoms with Gasteiger partial charge in [0.25, 0.3) is 0 Å². The SMILES string of the molecule is CCN1CCCC(NC(=O)NCCCCCC(=O)O)C1. The Hall–Kier alpha value is -1.30. The molecule has 6 heteroatoms. The van der Waals surface area contributed by atoms with Crippen LogP contribution in [0.25, 0.3) is 0 Å². The molecule has 1 atom stereocenters. The molecule has 6 nitrogen and oxygen atoms in total. The molecule has 1 heterocycles. The largest absolute Gasteiger partial charge is 0.481 e. The van der Waals surface area contributed by atoms with Gasteiger partial charge in [0.2, 0.25) is 0 Å². The van der Waals surface area contributed by atoms with Gasteiger partial charge in [-0.15, -0.1) is 0 Å². The van der Waals surface area contributed by atoms with E-state index in [0.717, 1.165) is 45.3 Å². The minimum absolute atomic E-state index is 0.105. The van der Waals surface area contributed by atoms with Crippen molar-refractivity contribution in [3.8, 4) is 0 Å². The first-order chi connectivity index (χ1) is 9.61. The van der Waals surface area contributed by atoms with E-state index in [9.17, 15) is 9.59 Å². The van der Waals surface area contributed by atoms with Gasteiger partial charge in [-0.1, -0.05) is 13.3 Å². The molecule has 0 aromatic heterocycles. The highest BCUT2D eigenvalue weighted by molar-refractivity contribution is 5.74. The lowest BCUT2D eigenvalue weighted by atomic mass is 10.1. The molecule has 0 saturated carbocycles. The van der Waals surface area contributed by atoms with Crippen molar-refractivity contribution >= 4 is 12.0 Å². The number of nitrogens with zero attached hydrogens (tertiary/aromatic N) is 1. The molecule has 0 aromatic carbocycles. The zero-order chi connectivity index (χ0) is 14.8. The van der Waals surface area contributed by atoms with E-state index >= 15 is 0 Å². The van der Waals surface area contributed by atoms with Crippen molar-refractivity contribution in [1.29, 1.82) is 0 Å². The van der Waals surface area contributed by atoms with Gasteiger partial charge in [-0.2, -0.15) is 0 Å². The average Bonchev–Trinajstić information content (AvgIpc) is 2.42. The van der Waals surface area contributed by atoms with Gasteiger partial charge in [0.05, 0.1) is 0 Å². The van der Waals surface area contributed by atoms with Crippen LogP contribution in [0.4, 0.5) is 4.79 Å². The quantitative estimate of drug-likeness (QED) is 0.589. The average molecular weight is 285 g/mol. The zero-order valence-corrected chi connectivity index (χ0v) is 12.4. The van der Waals surface area contributed by atoms with Crippen molar-refractivity contribution in [2.75, 3.05) is 26.2 Å². The minimum Gasteiger partial charge on any atom is -0.481 e. The highest BCUT2D eigenvalue weighted by atomic mass is 16.4. The monoisotopic (exact) mass is 285 g/mol. The molecule has 0 aromatic rings. The van der Waals surface area contributed by atoms with Crippen LogP contribution in [0.1, 0.15) is 45.4 Å². The number of carbonyl (C=O) groups is 2. The van der Waals surface area contributed by atoms with Crippen molar-refractivity contribution < 1.29 is 14.7 Å². The third-order valence-electron chi connectivity index (χ3n) is 3.64. The molecule has 0 spiro atoms. The summed E-state index contributed by atoms with van der Waals surface area (Å²) in [5.74, 6) is -0.756. The van der Waals surface area contributed by atoms with E-state index in [1.54, 1.807) is 0 Å². The van der Waals surface area contributed by atoms with Crippen LogP contribution in [0.15, 0.2) is 0 Å². The number of nitrogens with one attached hydrogen (secondary N) is 2. The number of carbonyl (C=O) groups excluding carboxylic acids is 1. The Bertz CT molecular complexity index is 310. The van der Waals surface area contributed by atoms with Crippen molar-refractivity contribution in [3.05, 3.63) is 0 Å². The molecule has 2 amide bonds. The third-order valence-corrected chi connectivity index (χ3v) is 3.64. The van der Waals surface area contributed by atoms with Crippen molar-refractivity contribution in [2.24, 2.45) is 0 Å². The second kappa shape index (κ2) is 9.58. The molecule has 3 N–H and O–H groups in total. The maximum Gasteiger partial charge on any atom is 0.315 e. The molecule has 0 bridgehead atoms. The number of hydrogen-bond acceptors (Lipinski definition) is 3. The molecule has 0 radical (unpaired) electrons. The molecule has 1 aliphatic heterocycles. The smallest absolute Gasteiger partial charge is 0.315 e. The van der Waals surface area contributed by atoms with E-state index < -0.39 is 5.97 Å². The van der Waals surface area contributed by atoms with Gasteiger partial charge < -0.3 is 20.6 Å². The van der Waals surface area contributed by atoms with Crippen LogP contribution in [0.2, 0.25) is 0 Å². The Labute approximate surface area is 120 Å². The predicted molar refractivity (Wildman–Crippen MR) is 77.8 cm³/mol. The van der Waals surface area contributed by atoms with E-state index in [1.165, 1.54) is 0 Å². The Morgan fingerprint density at radius 1 is 1.30 bits per heavy atom. The Morgan fingerprint density at radius 2 is 2.10 bits per heavy atom. The summed E-state index contributed by atoms with van der Waals surface area (Å²) in [5, 5.41) is 14.3. The van der Waals surface area contributed by atoms with Crippen LogP contribution >= 0.6 is 0 Å². The first kappa shape index (κ1) is 16.8. The standard InChI is InChI=1S/C14H27N3O3/c1-2-17-10-6-7-12(11-17)16-14(20)15-9-5-3-4-8-13(18)19/h12H,2-11H2,1H3,(H,18,19)(H2,15,16,20). The highest BCUT2D eigenvalue weighted by Crippen LogP contribution is 2.09. The van der Waals surface area contributed by atoms with Gasteiger partial charge in [-0.05, 0) is 38.8 Å². The summed E-state index contributed by atoms with van der Waals surface area (Å²) >= 11 is 0. The lowest BCUT2D eigenvalue weighted by Gasteiger charge is -2.32. The molecule has 1 saturated heterocycles. The number of urea groups is 1. The number of rotatable bonds is 8. The number of carboxylic acid groups (broad SMARTS) is 1. The van der Waals surface area contributed by atoms with Gasteiger partial charge in [-0.3, -0.25) is 4.79 Å². The van der Waals surface area contributed by atoms with Crippen LogP contribution in [-0.2, 0) is 4.79 Å². The molecule has 1 aliphatic rings. The van der Waals surface area contributed by atoms with Crippen molar-refractivity contribution in [3.63, 3.8) is 0 Å². The number of unbranched alkanes of at least 4 members (excludes halogenated alkanes) is 2. The first-order valence-electron chi connectivity index (χ1n) is 7.60. The van der Waals surface area contributed by atoms with Gasteiger partial charge in [0, 0.05) is 25.6 Å². The van der Waals surface area contributed by atoms with Gasteiger partial charge in [-0.25, -0.2) is 4.79 Å². The first-order valence-corrected chi connectivity index (χ1v) is 7.60. The summed E-state index contributed by atoms with van der Waals surface area (Å²) in [7, 11) is 0. The topological polar surface area (TPSA) is 81.7 Å². The molecular weight excluding hydrogens is 258 g/mol. The van der Waals surface area contributed by atoms with Gasteiger partial charge >= 0.3 is 12.0 Å². The lowest BCUT2D eigenvalue weighted by Crippen LogP contribution is -2.50. The number of aliphatic carboxylic acids is 1. The van der Waals surface area contributed by atoms with Crippen molar-refractivity contribution in [1.82, 2.24) is 15.5 Å². The molecule has 20 heavy (non-hydrogen) atoms. The maximum absolute atomic E-state index is 11.7. The summed E-state index contributed by atoms with van der Waals surface area (Å²) < 4.78 is 0. The Morgan fingerprint density at radius 3 is 2.80 bits per heavy atom. The number of amides is 2. The summed E-state index contributed by atoms with van der Waals surface area (Å²) in [6, 6.07) is 0.141. The van der Waals surface area contributed by atoms with E-state index in [1.807, 2.05) is 0 Å². The second-order valence-corrected chi connectivity index (χ2v) is 5.34. The molecule has 1 rings (SSSR count). The Kier molecular flexibility index (Phi) is 8.02. The van der Waals surface area contributed by atoms with Gasteiger partial charge in [0.1, 0.15) is 0 Å². The molecule has 0 aliphatic carbocycles. The highest BCUT2D eigenvalue weighted by Gasteiger charge is 2.19. The van der Waals surface area contributed by atoms with Crippen LogP contribution in [0.3, 0.4) is 0 Å². The number of piperidine rings is 1. The van der Waals surface area contributed by atoms with Crippen LogP contribution < -0.4 is 10.6 Å². The fourth-order valence-corrected chi connectivity index (χ4v) is 2.48. The fourth-order valence-electron chi connectivity index (χ4n) is 2.48. The summed E-state index contributed by atoms with van der Waals surface area (Å²) in [4.78, 5) is 24.4. The predicted octanol–water partition coefficient (Wildman–Crippen LogP) is 1.41. The second-order valence-electron chi connectivity index (χ2n) is 5.34. The lowest BCUT2D eigenvalue weighted by molar-refractivity contribution is -0.137. The minimum atomic E-state index is -0.756. The van der Waals surface area contributed by atoms with Gasteiger partial charge in [0.15, 0.2) is 0 Å². The number of likely N-dealkylation sites (tertiary alicyclic amines) is 1. The van der Waals surface area contributed by atoms with Crippen LogP contribution in [-0.4, -0.2) is 54.2 Å². The summed E-state index contributed by atoms with van der Waals surface area (Å²) in [6.45, 7) is 5.83. The maximum atomic E-state index is 11.7. The summed E-state index contributed by atoms with van der Waals surface area (Å²) in [5.41, 5.74) is 0. The Balaban J connectivity index is 2.03. The summed E-state index contributed by atoms with van der Waals surface area (Å²) in [6.07, 6.45) is 4.72. The molecule has 1 fully saturated rings. The number of carboxylic acids is 1. The molecule has 1 unspecified atom stereocenters. The third kappa shape index (κ3) is 7.33. The van der Waals surface area contributed by atoms with Crippen molar-refractivity contribution in [2.45, 2.75) is 51.5 Å². The zero-order valence-electron chi connectivity index (χ0n) is 12.4. The van der Waals surface area contributed by atoms with E-state index in [0.29, 0.717) is 13.0 Å². The fraction of sp³-hybridized carbons (Fsp3) is 0.857. The number of hydrogen-bond donors (Lipinski definition) is 3. The normalized spacial score (nSPS) is 19.6. The van der Waals surface area contributed by atoms with Crippen LogP contribution in [0, 0.1) is 0 Å². The number of likely N-dealkylation sites (N-methyl/N-ethyl adjacent to an activating group) is 1.